The Balaban J connectivity index is 2.52. The van der Waals surface area contributed by atoms with Gasteiger partial charge in [0.2, 0.25) is 15.5 Å². The van der Waals surface area contributed by atoms with Gasteiger partial charge >= 0.3 is 11.0 Å². The predicted molar refractivity (Wildman–Crippen MR) is 74.2 cm³/mol. The molecule has 22 heavy (non-hydrogen) atoms. The molecule has 8 nitrogen and oxygen atoms in total. The molecule has 0 N–H and O–H groups in total. The summed E-state index contributed by atoms with van der Waals surface area (Å²) < 4.78 is 34.1. The van der Waals surface area contributed by atoms with Crippen molar-refractivity contribution in [2.45, 2.75) is 24.1 Å². The summed E-state index contributed by atoms with van der Waals surface area (Å²) in [5.74, 6) is -0.915. The van der Waals surface area contributed by atoms with Gasteiger partial charge in [0.25, 0.3) is 0 Å². The van der Waals surface area contributed by atoms with Crippen molar-refractivity contribution in [3.63, 3.8) is 0 Å². The molecule has 0 saturated carbocycles. The molecule has 1 unspecified atom stereocenters. The molecular formula is C13H14N2O6S. The van der Waals surface area contributed by atoms with E-state index in [0.29, 0.717) is 5.56 Å². The number of ether oxygens (including phenoxy) is 1. The van der Waals surface area contributed by atoms with Crippen LogP contribution in [0.5, 0.6) is 0 Å². The van der Waals surface area contributed by atoms with Crippen LogP contribution >= 0.6 is 0 Å². The number of carbonyl (C=O) groups is 1. The average molecular weight is 326 g/mol. The zero-order chi connectivity index (χ0) is 16.3. The smallest absolute Gasteiger partial charge is 0.340 e. The highest BCUT2D eigenvalue weighted by atomic mass is 32.2. The number of sulfone groups is 1. The molecule has 2 aromatic rings. The third-order valence-electron chi connectivity index (χ3n) is 2.98. The molecule has 118 valence electrons. The van der Waals surface area contributed by atoms with Gasteiger partial charge in [-0.15, -0.1) is 0 Å². The van der Waals surface area contributed by atoms with Gasteiger partial charge in [-0.3, -0.25) is 9.42 Å². The third-order valence-corrected chi connectivity index (χ3v) is 4.91. The summed E-state index contributed by atoms with van der Waals surface area (Å²) in [6.45, 7) is 2.78. The van der Waals surface area contributed by atoms with Crippen LogP contribution in [0.4, 0.5) is 0 Å². The molecule has 1 aromatic carbocycles. The molecule has 9 heteroatoms. The van der Waals surface area contributed by atoms with E-state index in [1.54, 1.807) is 25.1 Å². The zero-order valence-electron chi connectivity index (χ0n) is 11.9. The standard InChI is InChI=1S/C13H14N2O6S/c1-3-20-13(16)9(2)22(18,19)12-11(15(17)21-14-12)10-7-5-4-6-8-10/h4-9H,3H2,1-2H3. The van der Waals surface area contributed by atoms with Crippen LogP contribution in [0, 0.1) is 5.21 Å². The van der Waals surface area contributed by atoms with E-state index >= 15 is 0 Å². The molecule has 0 radical (unpaired) electrons. The maximum absolute atomic E-state index is 12.5. The number of aromatic nitrogens is 2. The Morgan fingerprint density at radius 2 is 2.05 bits per heavy atom. The summed E-state index contributed by atoms with van der Waals surface area (Å²) in [6, 6.07) is 8.05. The molecule has 0 spiro atoms. The van der Waals surface area contributed by atoms with Crippen molar-refractivity contribution in [1.82, 2.24) is 5.16 Å². The fourth-order valence-electron chi connectivity index (χ4n) is 1.80. The van der Waals surface area contributed by atoms with Crippen molar-refractivity contribution in [1.29, 1.82) is 0 Å². The first-order valence-corrected chi connectivity index (χ1v) is 8.00. The molecule has 0 fully saturated rings. The first kappa shape index (κ1) is 16.0. The summed E-state index contributed by atoms with van der Waals surface area (Å²) in [5, 5.41) is 12.9. The molecule has 0 aliphatic heterocycles. The van der Waals surface area contributed by atoms with Crippen molar-refractivity contribution >= 4 is 15.8 Å². The Hall–Kier alpha value is -2.42. The van der Waals surface area contributed by atoms with Gasteiger partial charge in [0.1, 0.15) is 0 Å². The lowest BCUT2D eigenvalue weighted by Crippen LogP contribution is -2.31. The first-order chi connectivity index (χ1) is 10.4. The summed E-state index contributed by atoms with van der Waals surface area (Å²) in [7, 11) is -4.22. The van der Waals surface area contributed by atoms with Crippen LogP contribution in [0.2, 0.25) is 0 Å². The normalized spacial score (nSPS) is 12.8. The second-order valence-corrected chi connectivity index (χ2v) is 6.57. The van der Waals surface area contributed by atoms with Crippen LogP contribution in [-0.4, -0.2) is 31.4 Å². The lowest BCUT2D eigenvalue weighted by atomic mass is 10.2. The second-order valence-electron chi connectivity index (χ2n) is 4.39. The number of rotatable bonds is 5. The van der Waals surface area contributed by atoms with E-state index in [2.05, 4.69) is 9.79 Å². The van der Waals surface area contributed by atoms with Crippen LogP contribution < -0.4 is 4.90 Å². The van der Waals surface area contributed by atoms with Crippen LogP contribution in [0.25, 0.3) is 11.3 Å². The monoisotopic (exact) mass is 326 g/mol. The van der Waals surface area contributed by atoms with Crippen molar-refractivity contribution in [3.8, 4) is 11.3 Å². The number of esters is 1. The minimum Gasteiger partial charge on any atom is -0.465 e. The number of hydrogen-bond donors (Lipinski definition) is 0. The predicted octanol–water partition coefficient (Wildman–Crippen LogP) is 0.700. The van der Waals surface area contributed by atoms with E-state index in [9.17, 15) is 18.4 Å². The van der Waals surface area contributed by atoms with Gasteiger partial charge in [-0.05, 0) is 18.8 Å². The topological polar surface area (TPSA) is 113 Å². The number of hydrogen-bond acceptors (Lipinski definition) is 7. The summed E-state index contributed by atoms with van der Waals surface area (Å²) in [5.41, 5.74) is 0.0464. The van der Waals surface area contributed by atoms with Gasteiger partial charge in [0.15, 0.2) is 5.25 Å². The molecule has 1 heterocycles. The van der Waals surface area contributed by atoms with E-state index in [-0.39, 0.29) is 17.2 Å². The maximum Gasteiger partial charge on any atom is 0.340 e. The molecule has 0 amide bonds. The molecule has 0 aliphatic carbocycles. The van der Waals surface area contributed by atoms with Gasteiger partial charge in [0.05, 0.1) is 11.8 Å². The van der Waals surface area contributed by atoms with Crippen molar-refractivity contribution in [3.05, 3.63) is 35.5 Å². The minimum atomic E-state index is -4.22. The highest BCUT2D eigenvalue weighted by molar-refractivity contribution is 7.92. The van der Waals surface area contributed by atoms with E-state index < -0.39 is 26.1 Å². The Kier molecular flexibility index (Phi) is 4.45. The van der Waals surface area contributed by atoms with Crippen LogP contribution in [-0.2, 0) is 19.4 Å². The van der Waals surface area contributed by atoms with Crippen LogP contribution in [0.3, 0.4) is 0 Å². The molecule has 1 aromatic heterocycles. The van der Waals surface area contributed by atoms with Gasteiger partial charge in [-0.2, -0.15) is 0 Å². The lowest BCUT2D eigenvalue weighted by molar-refractivity contribution is -0.793. The number of benzene rings is 1. The maximum atomic E-state index is 12.5. The number of carbonyl (C=O) groups excluding carboxylic acids is 1. The van der Waals surface area contributed by atoms with Gasteiger partial charge < -0.3 is 9.94 Å². The molecular weight excluding hydrogens is 312 g/mol. The van der Waals surface area contributed by atoms with Crippen molar-refractivity contribution in [2.75, 3.05) is 6.61 Å². The Bertz CT molecular complexity index is 769. The average Bonchev–Trinajstić information content (AvgIpc) is 2.90. The van der Waals surface area contributed by atoms with E-state index in [0.717, 1.165) is 0 Å². The third kappa shape index (κ3) is 2.80. The Morgan fingerprint density at radius 1 is 1.41 bits per heavy atom. The Morgan fingerprint density at radius 3 is 2.64 bits per heavy atom. The lowest BCUT2D eigenvalue weighted by Gasteiger charge is -2.08. The van der Waals surface area contributed by atoms with E-state index in [1.165, 1.54) is 19.1 Å². The molecule has 0 saturated heterocycles. The van der Waals surface area contributed by atoms with Crippen LogP contribution in [0.1, 0.15) is 13.8 Å². The van der Waals surface area contributed by atoms with Gasteiger partial charge in [-0.1, -0.05) is 30.3 Å². The first-order valence-electron chi connectivity index (χ1n) is 6.45. The fraction of sp³-hybridized carbons (Fsp3) is 0.308. The van der Waals surface area contributed by atoms with E-state index in [1.807, 2.05) is 0 Å². The SMILES string of the molecule is CCOC(=O)C(C)S(=O)(=O)c1no[n+]([O-])c1-c1ccccc1. The minimum absolute atomic E-state index is 0.0000900. The summed E-state index contributed by atoms with van der Waals surface area (Å²) >= 11 is 0. The second kappa shape index (κ2) is 6.14. The summed E-state index contributed by atoms with van der Waals surface area (Å²) in [6.07, 6.45) is 0. The zero-order valence-corrected chi connectivity index (χ0v) is 12.7. The Labute approximate surface area is 126 Å². The highest BCUT2D eigenvalue weighted by Crippen LogP contribution is 2.25. The van der Waals surface area contributed by atoms with Gasteiger partial charge in [0, 0.05) is 5.56 Å². The van der Waals surface area contributed by atoms with Crippen molar-refractivity contribution in [2.24, 2.45) is 0 Å². The molecule has 0 bridgehead atoms. The molecule has 1 atom stereocenters. The highest BCUT2D eigenvalue weighted by Gasteiger charge is 2.41. The molecule has 2 rings (SSSR count). The molecule has 0 aliphatic rings. The van der Waals surface area contributed by atoms with E-state index in [4.69, 9.17) is 4.74 Å². The summed E-state index contributed by atoms with van der Waals surface area (Å²) in [4.78, 5) is 11.7. The largest absolute Gasteiger partial charge is 0.465 e. The quantitative estimate of drug-likeness (QED) is 0.587. The van der Waals surface area contributed by atoms with Gasteiger partial charge in [-0.25, -0.2) is 8.42 Å². The van der Waals surface area contributed by atoms with Crippen molar-refractivity contribution < 1.29 is 27.5 Å². The number of nitrogens with zero attached hydrogens (tertiary/aromatic N) is 2. The van der Waals surface area contributed by atoms with Crippen LogP contribution in [0.15, 0.2) is 40.0 Å². The fourth-order valence-corrected chi connectivity index (χ4v) is 3.06.